The zero-order valence-electron chi connectivity index (χ0n) is 12.8. The van der Waals surface area contributed by atoms with Crippen LogP contribution in [0.1, 0.15) is 29.0 Å². The van der Waals surface area contributed by atoms with E-state index in [9.17, 15) is 20.4 Å². The van der Waals surface area contributed by atoms with E-state index in [2.05, 4.69) is 12.1 Å². The predicted octanol–water partition coefficient (Wildman–Crippen LogP) is 2.33. The molecule has 4 N–H and O–H groups in total. The summed E-state index contributed by atoms with van der Waals surface area (Å²) >= 11 is 0. The first-order chi connectivity index (χ1) is 11.4. The van der Waals surface area contributed by atoms with Crippen molar-refractivity contribution in [3.05, 3.63) is 65.2 Å². The standard InChI is InChI=1S/C20H16O4/c21-19(22)10-13-6-5-12-9-11-3-1-2-4-14(11)15-7-8-16(20(19,23)24)18(13)17(12)15/h1-9,13,21-24H,10H2. The van der Waals surface area contributed by atoms with Gasteiger partial charge >= 0.3 is 0 Å². The van der Waals surface area contributed by atoms with Crippen LogP contribution in [0, 0.1) is 0 Å². The monoisotopic (exact) mass is 320 g/mol. The molecule has 0 aliphatic heterocycles. The van der Waals surface area contributed by atoms with Gasteiger partial charge in [-0.1, -0.05) is 48.6 Å². The quantitative estimate of drug-likeness (QED) is 0.378. The van der Waals surface area contributed by atoms with Gasteiger partial charge in [-0.2, -0.15) is 0 Å². The minimum Gasteiger partial charge on any atom is -0.361 e. The summed E-state index contributed by atoms with van der Waals surface area (Å²) in [4.78, 5) is 0. The molecule has 0 radical (unpaired) electrons. The Morgan fingerprint density at radius 1 is 0.917 bits per heavy atom. The van der Waals surface area contributed by atoms with E-state index in [0.717, 1.165) is 32.7 Å². The fourth-order valence-corrected chi connectivity index (χ4v) is 4.23. The van der Waals surface area contributed by atoms with Crippen LogP contribution in [0.3, 0.4) is 0 Å². The average molecular weight is 320 g/mol. The van der Waals surface area contributed by atoms with Crippen molar-refractivity contribution in [1.82, 2.24) is 0 Å². The third-order valence-electron chi connectivity index (χ3n) is 5.41. The van der Waals surface area contributed by atoms with E-state index < -0.39 is 11.6 Å². The zero-order valence-corrected chi connectivity index (χ0v) is 12.8. The maximum absolute atomic E-state index is 10.4. The molecule has 3 aromatic rings. The molecule has 1 atom stereocenters. The summed E-state index contributed by atoms with van der Waals surface area (Å²) in [5.41, 5.74) is 1.95. The maximum Gasteiger partial charge on any atom is 0.246 e. The van der Waals surface area contributed by atoms with Gasteiger partial charge < -0.3 is 20.4 Å². The van der Waals surface area contributed by atoms with Crippen LogP contribution in [0.25, 0.3) is 27.6 Å². The Bertz CT molecular complexity index is 1050. The Hall–Kier alpha value is -2.24. The van der Waals surface area contributed by atoms with Crippen LogP contribution in [0.2, 0.25) is 0 Å². The molecule has 1 unspecified atom stereocenters. The predicted molar refractivity (Wildman–Crippen MR) is 91.1 cm³/mol. The molecule has 2 aliphatic rings. The van der Waals surface area contributed by atoms with Crippen molar-refractivity contribution >= 4 is 27.6 Å². The van der Waals surface area contributed by atoms with Crippen LogP contribution in [-0.4, -0.2) is 26.2 Å². The van der Waals surface area contributed by atoms with Crippen molar-refractivity contribution in [1.29, 1.82) is 0 Å². The molecule has 4 heteroatoms. The first-order valence-corrected chi connectivity index (χ1v) is 7.97. The molecule has 0 bridgehead atoms. The summed E-state index contributed by atoms with van der Waals surface area (Å²) in [6, 6.07) is 13.6. The van der Waals surface area contributed by atoms with Crippen LogP contribution in [-0.2, 0) is 5.79 Å². The lowest BCUT2D eigenvalue weighted by Crippen LogP contribution is -2.55. The van der Waals surface area contributed by atoms with Crippen molar-refractivity contribution < 1.29 is 20.4 Å². The molecule has 0 saturated heterocycles. The molecular formula is C20H16O4. The highest BCUT2D eigenvalue weighted by Gasteiger charge is 2.55. The van der Waals surface area contributed by atoms with Crippen molar-refractivity contribution in [2.45, 2.75) is 23.9 Å². The summed E-state index contributed by atoms with van der Waals surface area (Å²) in [7, 11) is 0. The van der Waals surface area contributed by atoms with Gasteiger partial charge in [-0.25, -0.2) is 0 Å². The van der Waals surface area contributed by atoms with Gasteiger partial charge in [0.15, 0.2) is 0 Å². The molecule has 0 heterocycles. The summed E-state index contributed by atoms with van der Waals surface area (Å²) in [5.74, 6) is -5.54. The van der Waals surface area contributed by atoms with Gasteiger partial charge in [0, 0.05) is 17.9 Å². The number of hydrogen-bond donors (Lipinski definition) is 4. The minimum atomic E-state index is -2.69. The van der Waals surface area contributed by atoms with Crippen molar-refractivity contribution in [2.75, 3.05) is 0 Å². The summed E-state index contributed by atoms with van der Waals surface area (Å²) in [6.07, 6.45) is 3.73. The highest BCUT2D eigenvalue weighted by Crippen LogP contribution is 2.51. The minimum absolute atomic E-state index is 0.158. The smallest absolute Gasteiger partial charge is 0.246 e. The van der Waals surface area contributed by atoms with E-state index in [1.807, 2.05) is 36.4 Å². The third kappa shape index (κ3) is 1.56. The fraction of sp³-hybridized carbons (Fsp3) is 0.200. The maximum atomic E-state index is 10.4. The lowest BCUT2D eigenvalue weighted by molar-refractivity contribution is -0.373. The first-order valence-electron chi connectivity index (χ1n) is 7.97. The Kier molecular flexibility index (Phi) is 2.49. The second-order valence-electron chi connectivity index (χ2n) is 6.79. The first kappa shape index (κ1) is 14.1. The van der Waals surface area contributed by atoms with Crippen LogP contribution in [0.4, 0.5) is 0 Å². The van der Waals surface area contributed by atoms with Gasteiger partial charge in [-0.3, -0.25) is 0 Å². The lowest BCUT2D eigenvalue weighted by Gasteiger charge is -2.44. The number of aliphatic hydroxyl groups is 4. The molecule has 0 saturated carbocycles. The molecule has 4 nitrogen and oxygen atoms in total. The van der Waals surface area contributed by atoms with Gasteiger partial charge in [-0.05, 0) is 38.7 Å². The molecule has 0 aromatic heterocycles. The number of benzene rings is 3. The third-order valence-corrected chi connectivity index (χ3v) is 5.41. The Labute approximate surface area is 137 Å². The SMILES string of the molecule is OC1(O)CC2C=Cc3cc4ccccc4c4ccc(c2c34)C1(O)O. The second kappa shape index (κ2) is 4.23. The Morgan fingerprint density at radius 2 is 1.71 bits per heavy atom. The largest absolute Gasteiger partial charge is 0.361 e. The van der Waals surface area contributed by atoms with Crippen molar-refractivity contribution in [3.63, 3.8) is 0 Å². The van der Waals surface area contributed by atoms with E-state index in [1.54, 1.807) is 6.07 Å². The van der Waals surface area contributed by atoms with Gasteiger partial charge in [-0.15, -0.1) is 0 Å². The van der Waals surface area contributed by atoms with Gasteiger partial charge in [0.2, 0.25) is 11.6 Å². The van der Waals surface area contributed by atoms with Gasteiger partial charge in [0.25, 0.3) is 0 Å². The van der Waals surface area contributed by atoms with E-state index in [1.165, 1.54) is 0 Å². The van der Waals surface area contributed by atoms with Gasteiger partial charge in [0.05, 0.1) is 0 Å². The van der Waals surface area contributed by atoms with E-state index >= 15 is 0 Å². The molecule has 0 spiro atoms. The van der Waals surface area contributed by atoms with Crippen LogP contribution >= 0.6 is 0 Å². The van der Waals surface area contributed by atoms with Crippen molar-refractivity contribution in [2.24, 2.45) is 0 Å². The molecule has 120 valence electrons. The highest BCUT2D eigenvalue weighted by molar-refractivity contribution is 6.13. The van der Waals surface area contributed by atoms with E-state index in [-0.39, 0.29) is 17.9 Å². The topological polar surface area (TPSA) is 80.9 Å². The normalized spacial score (nSPS) is 22.9. The summed E-state index contributed by atoms with van der Waals surface area (Å²) < 4.78 is 0. The lowest BCUT2D eigenvalue weighted by atomic mass is 9.70. The molecular weight excluding hydrogens is 304 g/mol. The number of allylic oxidation sites excluding steroid dienone is 1. The Morgan fingerprint density at radius 3 is 2.54 bits per heavy atom. The molecule has 24 heavy (non-hydrogen) atoms. The molecule has 3 aromatic carbocycles. The highest BCUT2D eigenvalue weighted by atomic mass is 16.6. The number of hydrogen-bond acceptors (Lipinski definition) is 4. The van der Waals surface area contributed by atoms with Crippen LogP contribution < -0.4 is 0 Å². The van der Waals surface area contributed by atoms with Crippen LogP contribution in [0.5, 0.6) is 0 Å². The van der Waals surface area contributed by atoms with Crippen LogP contribution in [0.15, 0.2) is 48.5 Å². The van der Waals surface area contributed by atoms with E-state index in [0.29, 0.717) is 0 Å². The number of fused-ring (bicyclic) bond motifs is 2. The van der Waals surface area contributed by atoms with E-state index in [4.69, 9.17) is 0 Å². The second-order valence-corrected chi connectivity index (χ2v) is 6.79. The molecule has 0 amide bonds. The van der Waals surface area contributed by atoms with Gasteiger partial charge in [0.1, 0.15) is 0 Å². The fourth-order valence-electron chi connectivity index (χ4n) is 4.23. The molecule has 5 rings (SSSR count). The number of rotatable bonds is 0. The van der Waals surface area contributed by atoms with Crippen molar-refractivity contribution in [3.8, 4) is 0 Å². The summed E-state index contributed by atoms with van der Waals surface area (Å²) in [6.45, 7) is 0. The molecule has 2 aliphatic carbocycles. The average Bonchev–Trinajstić information content (AvgIpc) is 2.55. The Balaban J connectivity index is 1.98. The zero-order chi connectivity index (χ0) is 16.7. The summed E-state index contributed by atoms with van der Waals surface area (Å²) in [5, 5.41) is 45.3. The molecule has 0 fully saturated rings.